The zero-order valence-electron chi connectivity index (χ0n) is 12.2. The van der Waals surface area contributed by atoms with E-state index in [0.717, 1.165) is 23.2 Å². The number of aliphatic carboxylic acids is 1. The second-order valence-corrected chi connectivity index (χ2v) is 5.79. The summed E-state index contributed by atoms with van der Waals surface area (Å²) in [6.07, 6.45) is 1.41. The number of rotatable bonds is 4. The Morgan fingerprint density at radius 3 is 2.65 bits per heavy atom. The molecule has 1 unspecified atom stereocenters. The maximum atomic E-state index is 11.7. The van der Waals surface area contributed by atoms with Crippen molar-refractivity contribution >= 4 is 17.6 Å². The van der Waals surface area contributed by atoms with Crippen molar-refractivity contribution in [3.05, 3.63) is 29.3 Å². The van der Waals surface area contributed by atoms with Gasteiger partial charge in [-0.25, -0.2) is 0 Å². The molecule has 1 aliphatic heterocycles. The third-order valence-electron chi connectivity index (χ3n) is 4.07. The van der Waals surface area contributed by atoms with E-state index in [2.05, 4.69) is 6.07 Å². The summed E-state index contributed by atoms with van der Waals surface area (Å²) in [5, 5.41) is 9.06. The maximum Gasteiger partial charge on any atom is 0.303 e. The van der Waals surface area contributed by atoms with Crippen LogP contribution >= 0.6 is 0 Å². The first kappa shape index (κ1) is 14.6. The summed E-state index contributed by atoms with van der Waals surface area (Å²) in [6, 6.07) is 5.98. The van der Waals surface area contributed by atoms with E-state index in [-0.39, 0.29) is 24.2 Å². The van der Waals surface area contributed by atoms with Crippen LogP contribution in [0.4, 0.5) is 5.69 Å². The molecule has 4 nitrogen and oxygen atoms in total. The average Bonchev–Trinajstić information content (AvgIpc) is 2.39. The van der Waals surface area contributed by atoms with Gasteiger partial charge in [-0.1, -0.05) is 26.0 Å². The number of carbonyl (C=O) groups is 2. The van der Waals surface area contributed by atoms with Crippen LogP contribution in [0, 0.1) is 5.92 Å². The smallest absolute Gasteiger partial charge is 0.303 e. The van der Waals surface area contributed by atoms with Gasteiger partial charge in [0.1, 0.15) is 0 Å². The SMILES string of the molecule is CC(C)C(CC(=O)O)c1ccc2c(c1)CCC(=O)N2C. The number of carboxylic acids is 1. The third kappa shape index (κ3) is 2.84. The van der Waals surface area contributed by atoms with E-state index in [1.54, 1.807) is 11.9 Å². The van der Waals surface area contributed by atoms with Crippen LogP contribution < -0.4 is 4.90 Å². The number of carbonyl (C=O) groups excluding carboxylic acids is 1. The van der Waals surface area contributed by atoms with Crippen LogP contribution in [-0.2, 0) is 16.0 Å². The highest BCUT2D eigenvalue weighted by molar-refractivity contribution is 5.95. The number of hydrogen-bond acceptors (Lipinski definition) is 2. The predicted molar refractivity (Wildman–Crippen MR) is 78.0 cm³/mol. The van der Waals surface area contributed by atoms with Gasteiger partial charge in [-0.05, 0) is 35.4 Å². The van der Waals surface area contributed by atoms with Crippen molar-refractivity contribution in [2.45, 2.75) is 39.0 Å². The van der Waals surface area contributed by atoms with Crippen molar-refractivity contribution in [3.63, 3.8) is 0 Å². The van der Waals surface area contributed by atoms with Crippen LogP contribution in [0.2, 0.25) is 0 Å². The Kier molecular flexibility index (Phi) is 4.12. The summed E-state index contributed by atoms with van der Waals surface area (Å²) in [5.41, 5.74) is 3.15. The topological polar surface area (TPSA) is 57.6 Å². The lowest BCUT2D eigenvalue weighted by molar-refractivity contribution is -0.137. The molecular weight excluding hydrogens is 254 g/mol. The molecule has 1 atom stereocenters. The molecule has 1 aromatic carbocycles. The van der Waals surface area contributed by atoms with Gasteiger partial charge in [0, 0.05) is 19.2 Å². The number of nitrogens with zero attached hydrogens (tertiary/aromatic N) is 1. The zero-order valence-corrected chi connectivity index (χ0v) is 12.2. The molecule has 0 spiro atoms. The normalized spacial score (nSPS) is 16.2. The van der Waals surface area contributed by atoms with Gasteiger partial charge in [0.2, 0.25) is 5.91 Å². The van der Waals surface area contributed by atoms with Gasteiger partial charge in [-0.2, -0.15) is 0 Å². The van der Waals surface area contributed by atoms with E-state index in [4.69, 9.17) is 5.11 Å². The molecule has 1 N–H and O–H groups in total. The highest BCUT2D eigenvalue weighted by Gasteiger charge is 2.24. The Labute approximate surface area is 119 Å². The third-order valence-corrected chi connectivity index (χ3v) is 4.07. The minimum Gasteiger partial charge on any atom is -0.481 e. The van der Waals surface area contributed by atoms with Crippen molar-refractivity contribution in [3.8, 4) is 0 Å². The number of hydrogen-bond donors (Lipinski definition) is 1. The molecule has 1 aromatic rings. The molecular formula is C16H21NO3. The minimum absolute atomic E-state index is 0.0146. The Morgan fingerprint density at radius 2 is 2.05 bits per heavy atom. The molecule has 0 bridgehead atoms. The summed E-state index contributed by atoms with van der Waals surface area (Å²) in [4.78, 5) is 24.4. The maximum absolute atomic E-state index is 11.7. The van der Waals surface area contributed by atoms with Crippen LogP contribution in [0.3, 0.4) is 0 Å². The molecule has 108 valence electrons. The van der Waals surface area contributed by atoms with Crippen LogP contribution in [0.1, 0.15) is 43.7 Å². The van der Waals surface area contributed by atoms with Gasteiger partial charge in [0.15, 0.2) is 0 Å². The number of anilines is 1. The van der Waals surface area contributed by atoms with Gasteiger partial charge in [-0.3, -0.25) is 9.59 Å². The molecule has 1 aliphatic rings. The lowest BCUT2D eigenvalue weighted by atomic mass is 9.84. The molecule has 0 saturated carbocycles. The summed E-state index contributed by atoms with van der Waals surface area (Å²) in [7, 11) is 1.79. The van der Waals surface area contributed by atoms with Crippen LogP contribution in [0.5, 0.6) is 0 Å². The molecule has 20 heavy (non-hydrogen) atoms. The van der Waals surface area contributed by atoms with Gasteiger partial charge in [-0.15, -0.1) is 0 Å². The molecule has 0 radical (unpaired) electrons. The quantitative estimate of drug-likeness (QED) is 0.919. The molecule has 1 amide bonds. The molecule has 2 rings (SSSR count). The lowest BCUT2D eigenvalue weighted by Gasteiger charge is -2.28. The number of carboxylic acid groups (broad SMARTS) is 1. The van der Waals surface area contributed by atoms with Gasteiger partial charge in [0.05, 0.1) is 6.42 Å². The fraction of sp³-hybridized carbons (Fsp3) is 0.500. The Hall–Kier alpha value is -1.84. The van der Waals surface area contributed by atoms with E-state index in [1.165, 1.54) is 0 Å². The van der Waals surface area contributed by atoms with Gasteiger partial charge >= 0.3 is 5.97 Å². The fourth-order valence-electron chi connectivity index (χ4n) is 2.83. The highest BCUT2D eigenvalue weighted by atomic mass is 16.4. The minimum atomic E-state index is -0.770. The Balaban J connectivity index is 2.34. The fourth-order valence-corrected chi connectivity index (χ4v) is 2.83. The van der Waals surface area contributed by atoms with Crippen molar-refractivity contribution in [2.75, 3.05) is 11.9 Å². The van der Waals surface area contributed by atoms with Crippen molar-refractivity contribution in [1.29, 1.82) is 0 Å². The van der Waals surface area contributed by atoms with Gasteiger partial charge < -0.3 is 10.0 Å². The van der Waals surface area contributed by atoms with Gasteiger partial charge in [0.25, 0.3) is 0 Å². The molecule has 0 saturated heterocycles. The average molecular weight is 275 g/mol. The van der Waals surface area contributed by atoms with Crippen LogP contribution in [0.15, 0.2) is 18.2 Å². The van der Waals surface area contributed by atoms with E-state index in [1.807, 2.05) is 26.0 Å². The highest BCUT2D eigenvalue weighted by Crippen LogP contribution is 2.33. The number of amides is 1. The largest absolute Gasteiger partial charge is 0.481 e. The lowest BCUT2D eigenvalue weighted by Crippen LogP contribution is -2.31. The number of fused-ring (bicyclic) bond motifs is 1. The molecule has 0 aromatic heterocycles. The summed E-state index contributed by atoms with van der Waals surface area (Å²) < 4.78 is 0. The molecule has 0 aliphatic carbocycles. The van der Waals surface area contributed by atoms with E-state index >= 15 is 0 Å². The first-order valence-corrected chi connectivity index (χ1v) is 7.01. The summed E-state index contributed by atoms with van der Waals surface area (Å²) >= 11 is 0. The van der Waals surface area contributed by atoms with E-state index in [0.29, 0.717) is 6.42 Å². The number of aryl methyl sites for hydroxylation is 1. The second-order valence-electron chi connectivity index (χ2n) is 5.79. The predicted octanol–water partition coefficient (Wildman–Crippen LogP) is 2.81. The standard InChI is InChI=1S/C16H21NO3/c1-10(2)13(9-16(19)20)11-4-6-14-12(8-11)5-7-15(18)17(14)3/h4,6,8,10,13H,5,7,9H2,1-3H3,(H,19,20). The zero-order chi connectivity index (χ0) is 14.9. The monoisotopic (exact) mass is 275 g/mol. The Bertz CT molecular complexity index is 537. The van der Waals surface area contributed by atoms with Crippen molar-refractivity contribution in [2.24, 2.45) is 5.92 Å². The summed E-state index contributed by atoms with van der Waals surface area (Å²) in [6.45, 7) is 4.09. The van der Waals surface area contributed by atoms with E-state index in [9.17, 15) is 9.59 Å². The Morgan fingerprint density at radius 1 is 1.35 bits per heavy atom. The second kappa shape index (κ2) is 5.65. The van der Waals surface area contributed by atoms with Crippen molar-refractivity contribution in [1.82, 2.24) is 0 Å². The van der Waals surface area contributed by atoms with Crippen molar-refractivity contribution < 1.29 is 14.7 Å². The molecule has 4 heteroatoms. The van der Waals surface area contributed by atoms with Crippen LogP contribution in [0.25, 0.3) is 0 Å². The molecule has 0 fully saturated rings. The first-order valence-electron chi connectivity index (χ1n) is 7.01. The first-order chi connectivity index (χ1) is 9.40. The molecule has 1 heterocycles. The number of benzene rings is 1. The summed E-state index contributed by atoms with van der Waals surface area (Å²) in [5.74, 6) is -0.349. The van der Waals surface area contributed by atoms with E-state index < -0.39 is 5.97 Å². The van der Waals surface area contributed by atoms with Crippen LogP contribution in [-0.4, -0.2) is 24.0 Å².